The molecule has 58 valence electrons. The molecule has 0 spiro atoms. The zero-order valence-electron chi connectivity index (χ0n) is 6.55. The summed E-state index contributed by atoms with van der Waals surface area (Å²) in [5.74, 6) is 2.24. The third kappa shape index (κ3) is 1.41. The number of aromatic nitrogens is 2. The van der Waals surface area contributed by atoms with Crippen LogP contribution in [0.3, 0.4) is 0 Å². The van der Waals surface area contributed by atoms with Crippen LogP contribution in [0.15, 0.2) is 6.07 Å². The molecule has 0 aliphatic carbocycles. The molecule has 0 bridgehead atoms. The van der Waals surface area contributed by atoms with Crippen LogP contribution in [0, 0.1) is 19.3 Å². The molecule has 0 aromatic carbocycles. The summed E-state index contributed by atoms with van der Waals surface area (Å²) in [7, 11) is 0. The number of aromatic amines is 1. The maximum Gasteiger partial charge on any atom is 0.166 e. The fourth-order valence-corrected chi connectivity index (χ4v) is 0.741. The average Bonchev–Trinajstić information content (AvgIpc) is 2.36. The van der Waals surface area contributed by atoms with Crippen LogP contribution in [0.5, 0.6) is 0 Å². The number of nitrogens with one attached hydrogen (secondary N) is 1. The minimum atomic E-state index is -1.26. The van der Waals surface area contributed by atoms with E-state index >= 15 is 0 Å². The van der Waals surface area contributed by atoms with Gasteiger partial charge in [0.15, 0.2) is 5.60 Å². The van der Waals surface area contributed by atoms with Crippen LogP contribution in [0.2, 0.25) is 0 Å². The van der Waals surface area contributed by atoms with Gasteiger partial charge < -0.3 is 5.11 Å². The molecule has 11 heavy (non-hydrogen) atoms. The predicted molar refractivity (Wildman–Crippen MR) is 41.7 cm³/mol. The molecule has 0 amide bonds. The smallest absolute Gasteiger partial charge is 0.166 e. The van der Waals surface area contributed by atoms with Crippen LogP contribution >= 0.6 is 0 Å². The molecule has 3 nitrogen and oxygen atoms in total. The molecule has 1 atom stereocenters. The zero-order valence-corrected chi connectivity index (χ0v) is 6.55. The summed E-state index contributed by atoms with van der Waals surface area (Å²) < 4.78 is 0. The third-order valence-corrected chi connectivity index (χ3v) is 1.49. The quantitative estimate of drug-likeness (QED) is 0.574. The van der Waals surface area contributed by atoms with Crippen LogP contribution in [-0.4, -0.2) is 15.3 Å². The Bertz CT molecular complexity index is 293. The zero-order chi connectivity index (χ0) is 8.48. The first-order valence-electron chi connectivity index (χ1n) is 3.29. The first kappa shape index (κ1) is 7.83. The van der Waals surface area contributed by atoms with Gasteiger partial charge in [-0.3, -0.25) is 5.10 Å². The Morgan fingerprint density at radius 2 is 2.45 bits per heavy atom. The van der Waals surface area contributed by atoms with Crippen molar-refractivity contribution in [2.24, 2.45) is 0 Å². The van der Waals surface area contributed by atoms with Gasteiger partial charge in [-0.1, -0.05) is 5.92 Å². The molecule has 0 aliphatic rings. The second kappa shape index (κ2) is 2.40. The van der Waals surface area contributed by atoms with Crippen molar-refractivity contribution >= 4 is 0 Å². The van der Waals surface area contributed by atoms with Crippen molar-refractivity contribution in [3.8, 4) is 12.3 Å². The summed E-state index contributed by atoms with van der Waals surface area (Å²) in [4.78, 5) is 0. The largest absolute Gasteiger partial charge is 0.372 e. The van der Waals surface area contributed by atoms with E-state index in [1.54, 1.807) is 6.07 Å². The molecule has 0 fully saturated rings. The number of terminal acetylenes is 1. The molecule has 3 heteroatoms. The molecule has 1 rings (SSSR count). The average molecular weight is 150 g/mol. The van der Waals surface area contributed by atoms with Gasteiger partial charge in [0.1, 0.15) is 5.69 Å². The second-order valence-electron chi connectivity index (χ2n) is 2.65. The highest BCUT2D eigenvalue weighted by atomic mass is 16.3. The van der Waals surface area contributed by atoms with E-state index in [4.69, 9.17) is 6.42 Å². The van der Waals surface area contributed by atoms with Gasteiger partial charge in [0, 0.05) is 5.69 Å². The van der Waals surface area contributed by atoms with Gasteiger partial charge in [-0.2, -0.15) is 5.10 Å². The number of aliphatic hydroxyl groups is 1. The molecular weight excluding hydrogens is 140 g/mol. The summed E-state index contributed by atoms with van der Waals surface area (Å²) in [5, 5.41) is 16.0. The van der Waals surface area contributed by atoms with Gasteiger partial charge in [-0.05, 0) is 19.9 Å². The first-order chi connectivity index (χ1) is 5.06. The Morgan fingerprint density at radius 1 is 1.82 bits per heavy atom. The van der Waals surface area contributed by atoms with Crippen LogP contribution in [0.1, 0.15) is 18.3 Å². The highest BCUT2D eigenvalue weighted by Gasteiger charge is 2.22. The monoisotopic (exact) mass is 150 g/mol. The van der Waals surface area contributed by atoms with Crippen molar-refractivity contribution < 1.29 is 5.11 Å². The second-order valence-corrected chi connectivity index (χ2v) is 2.65. The molecule has 2 N–H and O–H groups in total. The number of hydrogen-bond donors (Lipinski definition) is 2. The Labute approximate surface area is 65.4 Å². The van der Waals surface area contributed by atoms with E-state index < -0.39 is 5.60 Å². The van der Waals surface area contributed by atoms with Crippen LogP contribution in [-0.2, 0) is 5.60 Å². The van der Waals surface area contributed by atoms with Gasteiger partial charge >= 0.3 is 0 Å². The maximum atomic E-state index is 9.49. The molecule has 1 heterocycles. The van der Waals surface area contributed by atoms with Crippen molar-refractivity contribution in [2.75, 3.05) is 0 Å². The standard InChI is InChI=1S/C8H10N2O/c1-4-8(3,11)7-5-6(2)9-10-7/h1,5,11H,2-3H3,(H,9,10)/t8-/m0/s1. The summed E-state index contributed by atoms with van der Waals surface area (Å²) in [6.45, 7) is 3.38. The predicted octanol–water partition coefficient (Wildman–Crippen LogP) is 0.559. The van der Waals surface area contributed by atoms with Crippen molar-refractivity contribution in [1.82, 2.24) is 10.2 Å². The number of rotatable bonds is 1. The van der Waals surface area contributed by atoms with E-state index in [9.17, 15) is 5.11 Å². The molecule has 1 aromatic heterocycles. The fourth-order valence-electron chi connectivity index (χ4n) is 0.741. The fraction of sp³-hybridized carbons (Fsp3) is 0.375. The summed E-state index contributed by atoms with van der Waals surface area (Å²) in [6.07, 6.45) is 5.09. The third-order valence-electron chi connectivity index (χ3n) is 1.49. The Kier molecular flexibility index (Phi) is 1.71. The van der Waals surface area contributed by atoms with Crippen molar-refractivity contribution in [1.29, 1.82) is 0 Å². The van der Waals surface area contributed by atoms with Crippen LogP contribution in [0.4, 0.5) is 0 Å². The molecule has 0 unspecified atom stereocenters. The minimum absolute atomic E-state index is 0.484. The van der Waals surface area contributed by atoms with E-state index in [2.05, 4.69) is 16.1 Å². The van der Waals surface area contributed by atoms with Gasteiger partial charge in [-0.25, -0.2) is 0 Å². The van der Waals surface area contributed by atoms with Crippen molar-refractivity contribution in [3.05, 3.63) is 17.5 Å². The molecule has 0 radical (unpaired) electrons. The van der Waals surface area contributed by atoms with Crippen LogP contribution < -0.4 is 0 Å². The summed E-state index contributed by atoms with van der Waals surface area (Å²) in [5.41, 5.74) is 0.109. The van der Waals surface area contributed by atoms with E-state index in [0.717, 1.165) is 5.69 Å². The first-order valence-corrected chi connectivity index (χ1v) is 3.29. The maximum absolute atomic E-state index is 9.49. The van der Waals surface area contributed by atoms with E-state index in [0.29, 0.717) is 5.69 Å². The Balaban J connectivity index is 3.04. The number of aryl methyl sites for hydroxylation is 1. The minimum Gasteiger partial charge on any atom is -0.372 e. The van der Waals surface area contributed by atoms with E-state index in [1.165, 1.54) is 6.92 Å². The molecule has 0 saturated carbocycles. The SMILES string of the molecule is C#C[C@](C)(O)c1cc(C)[nH]n1. The van der Waals surface area contributed by atoms with Gasteiger partial charge in [0.05, 0.1) is 0 Å². The van der Waals surface area contributed by atoms with E-state index in [-0.39, 0.29) is 0 Å². The summed E-state index contributed by atoms with van der Waals surface area (Å²) >= 11 is 0. The van der Waals surface area contributed by atoms with Gasteiger partial charge in [0.2, 0.25) is 0 Å². The van der Waals surface area contributed by atoms with Crippen LogP contribution in [0.25, 0.3) is 0 Å². The van der Waals surface area contributed by atoms with Gasteiger partial charge in [0.25, 0.3) is 0 Å². The highest BCUT2D eigenvalue weighted by Crippen LogP contribution is 2.16. The van der Waals surface area contributed by atoms with Crippen molar-refractivity contribution in [3.63, 3.8) is 0 Å². The van der Waals surface area contributed by atoms with Crippen molar-refractivity contribution in [2.45, 2.75) is 19.4 Å². The normalized spacial score (nSPS) is 15.5. The lowest BCUT2D eigenvalue weighted by atomic mass is 10.0. The van der Waals surface area contributed by atoms with Gasteiger partial charge in [-0.15, -0.1) is 6.42 Å². The topological polar surface area (TPSA) is 48.9 Å². The molecule has 1 aromatic rings. The molecule has 0 aliphatic heterocycles. The number of hydrogen-bond acceptors (Lipinski definition) is 2. The molecular formula is C8H10N2O. The highest BCUT2D eigenvalue weighted by molar-refractivity contribution is 5.23. The lowest BCUT2D eigenvalue weighted by Crippen LogP contribution is -2.18. The van der Waals surface area contributed by atoms with E-state index in [1.807, 2.05) is 6.92 Å². The lowest BCUT2D eigenvalue weighted by molar-refractivity contribution is 0.117. The Hall–Kier alpha value is -1.27. The summed E-state index contributed by atoms with van der Waals surface area (Å²) in [6, 6.07) is 1.72. The Morgan fingerprint density at radius 3 is 2.82 bits per heavy atom. The number of H-pyrrole nitrogens is 1. The lowest BCUT2D eigenvalue weighted by Gasteiger charge is -2.11. The molecule has 0 saturated heterocycles. The number of nitrogens with zero attached hydrogens (tertiary/aromatic N) is 1.